The molecule has 0 aliphatic rings. The second-order valence-corrected chi connectivity index (χ2v) is 4.89. The van der Waals surface area contributed by atoms with E-state index >= 15 is 0 Å². The molecule has 0 radical (unpaired) electrons. The van der Waals surface area contributed by atoms with Crippen molar-refractivity contribution < 1.29 is 18.8 Å². The molecule has 4 nitrogen and oxygen atoms in total. The normalized spacial score (nSPS) is 11.0. The van der Waals surface area contributed by atoms with Crippen LogP contribution in [0.25, 0.3) is 0 Å². The maximum absolute atomic E-state index is 11.7. The van der Waals surface area contributed by atoms with Crippen molar-refractivity contribution in [3.63, 3.8) is 0 Å². The second kappa shape index (κ2) is 5.59. The van der Waals surface area contributed by atoms with E-state index in [1.165, 1.54) is 6.07 Å². The summed E-state index contributed by atoms with van der Waals surface area (Å²) in [7, 11) is 6.09. The van der Waals surface area contributed by atoms with E-state index in [-0.39, 0.29) is 5.97 Å². The number of hydrogen-bond acceptors (Lipinski definition) is 3. The van der Waals surface area contributed by atoms with Crippen molar-refractivity contribution in [2.75, 3.05) is 34.3 Å². The van der Waals surface area contributed by atoms with Crippen LogP contribution in [0.15, 0.2) is 24.3 Å². The number of rotatable bonds is 5. The number of aldehydes is 1. The number of carbonyl (C=O) groups excluding carboxylic acids is 2. The highest BCUT2D eigenvalue weighted by Gasteiger charge is 2.11. The van der Waals surface area contributed by atoms with Gasteiger partial charge in [0.2, 0.25) is 0 Å². The van der Waals surface area contributed by atoms with Gasteiger partial charge in [0.15, 0.2) is 0 Å². The van der Waals surface area contributed by atoms with Gasteiger partial charge < -0.3 is 9.22 Å². The lowest BCUT2D eigenvalue weighted by Crippen LogP contribution is -2.38. The minimum Gasteiger partial charge on any atom is -0.456 e. The Morgan fingerprint density at radius 2 is 2.06 bits per heavy atom. The van der Waals surface area contributed by atoms with Gasteiger partial charge in [0.25, 0.3) is 0 Å². The first-order chi connectivity index (χ1) is 7.92. The van der Waals surface area contributed by atoms with Crippen LogP contribution in [-0.4, -0.2) is 51.0 Å². The van der Waals surface area contributed by atoms with Crippen LogP contribution in [0, 0.1) is 0 Å². The van der Waals surface area contributed by atoms with Crippen LogP contribution in [0.2, 0.25) is 0 Å². The Hall–Kier alpha value is -1.68. The van der Waals surface area contributed by atoms with Crippen LogP contribution >= 0.6 is 0 Å². The lowest BCUT2D eigenvalue weighted by molar-refractivity contribution is -0.870. The van der Waals surface area contributed by atoms with Gasteiger partial charge in [-0.3, -0.25) is 4.79 Å². The molecule has 0 aliphatic carbocycles. The Bertz CT molecular complexity index is 407. The highest BCUT2D eigenvalue weighted by molar-refractivity contribution is 5.91. The molecule has 1 rings (SSSR count). The molecule has 0 aliphatic heterocycles. The summed E-state index contributed by atoms with van der Waals surface area (Å²) < 4.78 is 5.87. The second-order valence-electron chi connectivity index (χ2n) is 4.89. The molecule has 1 aromatic carbocycles. The van der Waals surface area contributed by atoms with E-state index in [0.29, 0.717) is 24.0 Å². The number of likely N-dealkylation sites (N-methyl/N-ethyl adjacent to an activating group) is 1. The fourth-order valence-corrected chi connectivity index (χ4v) is 1.23. The number of hydrogen-bond donors (Lipinski definition) is 0. The number of carbonyl (C=O) groups is 2. The Morgan fingerprint density at radius 1 is 1.35 bits per heavy atom. The van der Waals surface area contributed by atoms with Gasteiger partial charge in [0.05, 0.1) is 26.7 Å². The molecule has 0 saturated carbocycles. The van der Waals surface area contributed by atoms with E-state index in [2.05, 4.69) is 0 Å². The Kier molecular flexibility index (Phi) is 4.40. The van der Waals surface area contributed by atoms with Gasteiger partial charge in [-0.15, -0.1) is 0 Å². The minimum atomic E-state index is -0.387. The molecular weight excluding hydrogens is 218 g/mol. The monoisotopic (exact) mass is 236 g/mol. The summed E-state index contributed by atoms with van der Waals surface area (Å²) in [6, 6.07) is 6.48. The molecule has 0 atom stereocenters. The first kappa shape index (κ1) is 13.4. The predicted octanol–water partition coefficient (Wildman–Crippen LogP) is 1.36. The van der Waals surface area contributed by atoms with Crippen LogP contribution in [0.4, 0.5) is 0 Å². The zero-order chi connectivity index (χ0) is 12.9. The van der Waals surface area contributed by atoms with E-state index in [4.69, 9.17) is 4.74 Å². The molecule has 0 fully saturated rings. The molecule has 0 bridgehead atoms. The Labute approximate surface area is 101 Å². The van der Waals surface area contributed by atoms with Gasteiger partial charge >= 0.3 is 5.97 Å². The smallest absolute Gasteiger partial charge is 0.338 e. The Morgan fingerprint density at radius 3 is 2.65 bits per heavy atom. The predicted molar refractivity (Wildman–Crippen MR) is 65.0 cm³/mol. The summed E-state index contributed by atoms with van der Waals surface area (Å²) in [5, 5.41) is 0. The molecule has 0 spiro atoms. The van der Waals surface area contributed by atoms with Crippen molar-refractivity contribution in [1.29, 1.82) is 0 Å². The van der Waals surface area contributed by atoms with Gasteiger partial charge in [0, 0.05) is 5.56 Å². The van der Waals surface area contributed by atoms with Crippen LogP contribution in [0.1, 0.15) is 20.7 Å². The quantitative estimate of drug-likeness (QED) is 0.440. The van der Waals surface area contributed by atoms with Gasteiger partial charge in [-0.2, -0.15) is 0 Å². The maximum atomic E-state index is 11.7. The minimum absolute atomic E-state index is 0.369. The third-order valence-corrected chi connectivity index (χ3v) is 2.25. The summed E-state index contributed by atoms with van der Waals surface area (Å²) in [5.41, 5.74) is 0.891. The van der Waals surface area contributed by atoms with Crippen molar-refractivity contribution in [3.05, 3.63) is 35.4 Å². The largest absolute Gasteiger partial charge is 0.456 e. The number of esters is 1. The fraction of sp³-hybridized carbons (Fsp3) is 0.385. The van der Waals surface area contributed by atoms with Crippen LogP contribution in [-0.2, 0) is 4.74 Å². The van der Waals surface area contributed by atoms with Crippen LogP contribution < -0.4 is 0 Å². The van der Waals surface area contributed by atoms with Crippen molar-refractivity contribution >= 4 is 12.3 Å². The van der Waals surface area contributed by atoms with Crippen LogP contribution in [0.5, 0.6) is 0 Å². The van der Waals surface area contributed by atoms with Gasteiger partial charge in [0.1, 0.15) is 19.4 Å². The molecule has 0 heterocycles. The topological polar surface area (TPSA) is 43.4 Å². The highest BCUT2D eigenvalue weighted by Crippen LogP contribution is 2.05. The van der Waals surface area contributed by atoms with Gasteiger partial charge in [-0.25, -0.2) is 4.79 Å². The lowest BCUT2D eigenvalue weighted by atomic mass is 10.1. The van der Waals surface area contributed by atoms with E-state index in [9.17, 15) is 9.59 Å². The number of quaternary nitrogens is 1. The van der Waals surface area contributed by atoms with E-state index in [1.807, 2.05) is 21.1 Å². The van der Waals surface area contributed by atoms with Crippen molar-refractivity contribution in [2.45, 2.75) is 0 Å². The van der Waals surface area contributed by atoms with Crippen molar-refractivity contribution in [1.82, 2.24) is 0 Å². The number of ether oxygens (including phenoxy) is 1. The third-order valence-electron chi connectivity index (χ3n) is 2.25. The summed E-state index contributed by atoms with van der Waals surface area (Å²) in [5.74, 6) is -0.387. The molecule has 0 aromatic heterocycles. The zero-order valence-corrected chi connectivity index (χ0v) is 10.5. The molecule has 17 heavy (non-hydrogen) atoms. The number of nitrogens with zero attached hydrogens (tertiary/aromatic N) is 1. The molecule has 0 saturated heterocycles. The van der Waals surface area contributed by atoms with Gasteiger partial charge in [-0.05, 0) is 12.1 Å². The molecule has 0 amide bonds. The summed E-state index contributed by atoms with van der Waals surface area (Å²) in [6.45, 7) is 1.12. The SMILES string of the molecule is C[N+](C)(C)CCOC(=O)c1cccc(C=O)c1. The fourth-order valence-electron chi connectivity index (χ4n) is 1.23. The molecule has 92 valence electrons. The summed E-state index contributed by atoms with van der Waals surface area (Å²) >= 11 is 0. The molecule has 4 heteroatoms. The first-order valence-corrected chi connectivity index (χ1v) is 5.45. The van der Waals surface area contributed by atoms with E-state index in [1.54, 1.807) is 18.2 Å². The van der Waals surface area contributed by atoms with E-state index < -0.39 is 0 Å². The average Bonchev–Trinajstić information content (AvgIpc) is 2.27. The third kappa shape index (κ3) is 4.78. The maximum Gasteiger partial charge on any atom is 0.338 e. The highest BCUT2D eigenvalue weighted by atomic mass is 16.5. The zero-order valence-electron chi connectivity index (χ0n) is 10.5. The lowest BCUT2D eigenvalue weighted by Gasteiger charge is -2.23. The average molecular weight is 236 g/mol. The van der Waals surface area contributed by atoms with Crippen molar-refractivity contribution in [2.24, 2.45) is 0 Å². The molecule has 1 aromatic rings. The summed E-state index contributed by atoms with van der Waals surface area (Å²) in [4.78, 5) is 22.2. The van der Waals surface area contributed by atoms with Crippen molar-refractivity contribution in [3.8, 4) is 0 Å². The molecular formula is C13H18NO3+. The Balaban J connectivity index is 2.55. The molecule has 0 N–H and O–H groups in total. The standard InChI is InChI=1S/C13H18NO3/c1-14(2,3)7-8-17-13(16)12-6-4-5-11(9-12)10-15/h4-6,9-10H,7-8H2,1-3H3/q+1. The number of benzene rings is 1. The summed E-state index contributed by atoms with van der Waals surface area (Å²) in [6.07, 6.45) is 0.711. The van der Waals surface area contributed by atoms with Gasteiger partial charge in [-0.1, -0.05) is 12.1 Å². The van der Waals surface area contributed by atoms with E-state index in [0.717, 1.165) is 11.0 Å². The van der Waals surface area contributed by atoms with Crippen LogP contribution in [0.3, 0.4) is 0 Å². The first-order valence-electron chi connectivity index (χ1n) is 5.45. The molecule has 0 unspecified atom stereocenters.